The highest BCUT2D eigenvalue weighted by molar-refractivity contribution is 5.97. The summed E-state index contributed by atoms with van der Waals surface area (Å²) in [4.78, 5) is 23.8. The molecule has 0 bridgehead atoms. The van der Waals surface area contributed by atoms with Gasteiger partial charge >= 0.3 is 0 Å². The van der Waals surface area contributed by atoms with Gasteiger partial charge in [-0.05, 0) is 10.8 Å². The molecule has 2 atom stereocenters. The number of rotatable bonds is 0. The molecule has 1 aliphatic rings. The summed E-state index contributed by atoms with van der Waals surface area (Å²) in [5.41, 5.74) is -0.523. The predicted molar refractivity (Wildman–Crippen MR) is 62.8 cm³/mol. The Morgan fingerprint density at radius 2 is 1.00 bits per heavy atom. The molecule has 0 unspecified atom stereocenters. The van der Waals surface area contributed by atoms with Crippen LogP contribution in [0.4, 0.5) is 0 Å². The fourth-order valence-electron chi connectivity index (χ4n) is 1.80. The van der Waals surface area contributed by atoms with Gasteiger partial charge in [0, 0.05) is 0 Å². The van der Waals surface area contributed by atoms with Crippen LogP contribution in [0.5, 0.6) is 0 Å². The minimum atomic E-state index is -0.446. The summed E-state index contributed by atoms with van der Waals surface area (Å²) < 4.78 is 0. The standard InChI is InChI=1S/C12H22N2O2/c1-11(2,3)7-9(15)14-8(10(16)13-7)12(4,5)6/h7-8H,1-6H3,(H,13,16)(H,14,15)/t7-,8-/m1/s1. The summed E-state index contributed by atoms with van der Waals surface area (Å²) in [5.74, 6) is -0.181. The van der Waals surface area contributed by atoms with Gasteiger partial charge in [-0.15, -0.1) is 0 Å². The molecule has 0 spiro atoms. The predicted octanol–water partition coefficient (Wildman–Crippen LogP) is 1.06. The second-order valence-corrected chi connectivity index (χ2v) is 6.62. The number of carbonyl (C=O) groups excluding carboxylic acids is 2. The highest BCUT2D eigenvalue weighted by atomic mass is 16.2. The van der Waals surface area contributed by atoms with Crippen molar-refractivity contribution in [1.82, 2.24) is 10.6 Å². The van der Waals surface area contributed by atoms with E-state index < -0.39 is 12.1 Å². The number of hydrogen-bond donors (Lipinski definition) is 2. The summed E-state index contributed by atoms with van der Waals surface area (Å²) in [6, 6.07) is -0.891. The van der Waals surface area contributed by atoms with Gasteiger partial charge < -0.3 is 10.6 Å². The van der Waals surface area contributed by atoms with Crippen LogP contribution in [0.15, 0.2) is 0 Å². The average Bonchev–Trinajstić information content (AvgIpc) is 2.04. The van der Waals surface area contributed by atoms with Crippen LogP contribution < -0.4 is 10.6 Å². The topological polar surface area (TPSA) is 58.2 Å². The summed E-state index contributed by atoms with van der Waals surface area (Å²) in [7, 11) is 0. The molecule has 1 heterocycles. The molecule has 1 fully saturated rings. The Bertz CT molecular complexity index is 278. The van der Waals surface area contributed by atoms with Crippen molar-refractivity contribution in [3.63, 3.8) is 0 Å². The van der Waals surface area contributed by atoms with Crippen molar-refractivity contribution in [2.24, 2.45) is 10.8 Å². The molecule has 1 rings (SSSR count). The van der Waals surface area contributed by atoms with Gasteiger partial charge in [-0.1, -0.05) is 41.5 Å². The zero-order chi connectivity index (χ0) is 12.7. The molecule has 2 amide bonds. The molecular formula is C12H22N2O2. The lowest BCUT2D eigenvalue weighted by atomic mass is 9.80. The molecule has 0 aromatic rings. The highest BCUT2D eigenvalue weighted by Gasteiger charge is 2.43. The van der Waals surface area contributed by atoms with Crippen LogP contribution in [0.1, 0.15) is 41.5 Å². The van der Waals surface area contributed by atoms with Gasteiger partial charge in [-0.25, -0.2) is 0 Å². The molecular weight excluding hydrogens is 204 g/mol. The van der Waals surface area contributed by atoms with E-state index in [0.29, 0.717) is 0 Å². The molecule has 92 valence electrons. The molecule has 16 heavy (non-hydrogen) atoms. The Morgan fingerprint density at radius 1 is 0.750 bits per heavy atom. The van der Waals surface area contributed by atoms with E-state index >= 15 is 0 Å². The van der Waals surface area contributed by atoms with Crippen LogP contribution in [0.25, 0.3) is 0 Å². The number of amides is 2. The number of nitrogens with one attached hydrogen (secondary N) is 2. The third kappa shape index (κ3) is 2.54. The molecule has 1 aliphatic heterocycles. The van der Waals surface area contributed by atoms with Crippen LogP contribution in [0.3, 0.4) is 0 Å². The maximum Gasteiger partial charge on any atom is 0.243 e. The molecule has 4 heteroatoms. The zero-order valence-corrected chi connectivity index (χ0v) is 11.0. The molecule has 0 radical (unpaired) electrons. The Labute approximate surface area is 97.2 Å². The van der Waals surface area contributed by atoms with E-state index in [2.05, 4.69) is 10.6 Å². The fourth-order valence-corrected chi connectivity index (χ4v) is 1.80. The minimum absolute atomic E-state index is 0.0907. The van der Waals surface area contributed by atoms with Gasteiger partial charge in [0.05, 0.1) is 0 Å². The first-order chi connectivity index (χ1) is 7.03. The van der Waals surface area contributed by atoms with Crippen molar-refractivity contribution in [2.75, 3.05) is 0 Å². The van der Waals surface area contributed by atoms with Crippen LogP contribution in [-0.2, 0) is 9.59 Å². The van der Waals surface area contributed by atoms with E-state index in [1.54, 1.807) is 0 Å². The quantitative estimate of drug-likeness (QED) is 0.649. The number of piperazine rings is 1. The first kappa shape index (κ1) is 13.0. The van der Waals surface area contributed by atoms with Crippen molar-refractivity contribution in [3.05, 3.63) is 0 Å². The first-order valence-electron chi connectivity index (χ1n) is 5.64. The molecule has 0 aromatic heterocycles. The van der Waals surface area contributed by atoms with Crippen molar-refractivity contribution >= 4 is 11.8 Å². The normalized spacial score (nSPS) is 27.4. The van der Waals surface area contributed by atoms with Crippen molar-refractivity contribution in [2.45, 2.75) is 53.6 Å². The van der Waals surface area contributed by atoms with E-state index in [9.17, 15) is 9.59 Å². The van der Waals surface area contributed by atoms with Crippen molar-refractivity contribution in [3.8, 4) is 0 Å². The zero-order valence-electron chi connectivity index (χ0n) is 11.0. The van der Waals surface area contributed by atoms with Crippen LogP contribution in [0.2, 0.25) is 0 Å². The van der Waals surface area contributed by atoms with E-state index in [1.165, 1.54) is 0 Å². The lowest BCUT2D eigenvalue weighted by molar-refractivity contribution is -0.142. The first-order valence-corrected chi connectivity index (χ1v) is 5.64. The highest BCUT2D eigenvalue weighted by Crippen LogP contribution is 2.26. The second kappa shape index (κ2) is 3.75. The minimum Gasteiger partial charge on any atom is -0.342 e. The van der Waals surface area contributed by atoms with Crippen LogP contribution in [-0.4, -0.2) is 23.9 Å². The van der Waals surface area contributed by atoms with Gasteiger partial charge in [0.15, 0.2) is 0 Å². The van der Waals surface area contributed by atoms with E-state index in [-0.39, 0.29) is 22.6 Å². The smallest absolute Gasteiger partial charge is 0.243 e. The van der Waals surface area contributed by atoms with Crippen molar-refractivity contribution in [1.29, 1.82) is 0 Å². The third-order valence-electron chi connectivity index (χ3n) is 2.83. The van der Waals surface area contributed by atoms with E-state index in [0.717, 1.165) is 0 Å². The summed E-state index contributed by atoms with van der Waals surface area (Å²) in [6.45, 7) is 11.6. The molecule has 0 saturated carbocycles. The van der Waals surface area contributed by atoms with Crippen LogP contribution >= 0.6 is 0 Å². The number of hydrogen-bond acceptors (Lipinski definition) is 2. The third-order valence-corrected chi connectivity index (χ3v) is 2.83. The van der Waals surface area contributed by atoms with Gasteiger partial charge in [0.25, 0.3) is 0 Å². The molecule has 0 aromatic carbocycles. The summed E-state index contributed by atoms with van der Waals surface area (Å²) in [6.07, 6.45) is 0. The molecule has 4 nitrogen and oxygen atoms in total. The fraction of sp³-hybridized carbons (Fsp3) is 0.833. The largest absolute Gasteiger partial charge is 0.342 e. The van der Waals surface area contributed by atoms with Gasteiger partial charge in [-0.2, -0.15) is 0 Å². The summed E-state index contributed by atoms with van der Waals surface area (Å²) in [5, 5.41) is 5.62. The van der Waals surface area contributed by atoms with Gasteiger partial charge in [0.1, 0.15) is 12.1 Å². The lowest BCUT2D eigenvalue weighted by Gasteiger charge is -2.40. The molecule has 2 N–H and O–H groups in total. The molecule has 0 aliphatic carbocycles. The van der Waals surface area contributed by atoms with Gasteiger partial charge in [0.2, 0.25) is 11.8 Å². The van der Waals surface area contributed by atoms with E-state index in [4.69, 9.17) is 0 Å². The Morgan fingerprint density at radius 3 is 1.19 bits per heavy atom. The molecule has 1 saturated heterocycles. The number of carbonyl (C=O) groups is 2. The maximum atomic E-state index is 11.9. The maximum absolute atomic E-state index is 11.9. The summed E-state index contributed by atoms with van der Waals surface area (Å²) >= 11 is 0. The monoisotopic (exact) mass is 226 g/mol. The van der Waals surface area contributed by atoms with Crippen LogP contribution in [0, 0.1) is 10.8 Å². The Kier molecular flexibility index (Phi) is 3.05. The van der Waals surface area contributed by atoms with Crippen molar-refractivity contribution < 1.29 is 9.59 Å². The average molecular weight is 226 g/mol. The Balaban J connectivity index is 2.88. The van der Waals surface area contributed by atoms with Gasteiger partial charge in [-0.3, -0.25) is 9.59 Å². The SMILES string of the molecule is CC(C)(C)[C@@H]1NC(=O)[C@H](C(C)(C)C)NC1=O. The Hall–Kier alpha value is -1.06. The van der Waals surface area contributed by atoms with E-state index in [1.807, 2.05) is 41.5 Å². The second-order valence-electron chi connectivity index (χ2n) is 6.62. The lowest BCUT2D eigenvalue weighted by Crippen LogP contribution is -2.68.